The second-order valence-electron chi connectivity index (χ2n) is 5.25. The molecular formula is C14H22N2O4. The zero-order valence-electron chi connectivity index (χ0n) is 11.7. The highest BCUT2D eigenvalue weighted by atomic mass is 16.5. The molecule has 1 saturated carbocycles. The van der Waals surface area contributed by atoms with Crippen LogP contribution >= 0.6 is 0 Å². The van der Waals surface area contributed by atoms with Crippen LogP contribution in [0.25, 0.3) is 0 Å². The van der Waals surface area contributed by atoms with E-state index in [-0.39, 0.29) is 42.9 Å². The van der Waals surface area contributed by atoms with E-state index in [0.29, 0.717) is 6.54 Å². The van der Waals surface area contributed by atoms with Crippen molar-refractivity contribution in [2.45, 2.75) is 44.4 Å². The summed E-state index contributed by atoms with van der Waals surface area (Å²) in [6.45, 7) is 2.25. The molecule has 0 aromatic carbocycles. The molecule has 1 fully saturated rings. The zero-order valence-corrected chi connectivity index (χ0v) is 11.7. The Kier molecular flexibility index (Phi) is 5.14. The Hall–Kier alpha value is -1.40. The molecule has 3 atom stereocenters. The summed E-state index contributed by atoms with van der Waals surface area (Å²) in [6.07, 6.45) is 4.84. The second kappa shape index (κ2) is 6.85. The van der Waals surface area contributed by atoms with E-state index in [1.54, 1.807) is 6.08 Å². The van der Waals surface area contributed by atoms with Crippen molar-refractivity contribution < 1.29 is 19.4 Å². The Bertz CT molecular complexity index is 393. The van der Waals surface area contributed by atoms with Crippen LogP contribution in [0.3, 0.4) is 0 Å². The summed E-state index contributed by atoms with van der Waals surface area (Å²) >= 11 is 0. The number of nitrogens with one attached hydrogen (secondary N) is 2. The van der Waals surface area contributed by atoms with Crippen molar-refractivity contribution >= 4 is 11.8 Å². The first-order valence-electron chi connectivity index (χ1n) is 7.15. The minimum atomic E-state index is -0.498. The molecule has 0 unspecified atom stereocenters. The fraction of sp³-hybridized carbons (Fsp3) is 0.714. The maximum Gasteiger partial charge on any atom is 0.223 e. The normalized spacial score (nSPS) is 29.0. The van der Waals surface area contributed by atoms with Gasteiger partial charge in [0, 0.05) is 12.5 Å². The Morgan fingerprint density at radius 1 is 1.35 bits per heavy atom. The van der Waals surface area contributed by atoms with E-state index in [0.717, 1.165) is 12.8 Å². The van der Waals surface area contributed by atoms with Gasteiger partial charge < -0.3 is 20.5 Å². The van der Waals surface area contributed by atoms with Crippen molar-refractivity contribution in [3.05, 3.63) is 12.2 Å². The number of hydrogen-bond donors (Lipinski definition) is 3. The lowest BCUT2D eigenvalue weighted by Gasteiger charge is -2.31. The van der Waals surface area contributed by atoms with Crippen LogP contribution in [0.1, 0.15) is 26.2 Å². The first-order valence-corrected chi connectivity index (χ1v) is 7.15. The van der Waals surface area contributed by atoms with Crippen LogP contribution in [-0.2, 0) is 14.3 Å². The van der Waals surface area contributed by atoms with E-state index in [1.807, 2.05) is 13.0 Å². The molecule has 20 heavy (non-hydrogen) atoms. The molecule has 112 valence electrons. The first kappa shape index (κ1) is 15.0. The van der Waals surface area contributed by atoms with Crippen LogP contribution in [0, 0.1) is 5.92 Å². The van der Waals surface area contributed by atoms with Gasteiger partial charge in [0.2, 0.25) is 11.8 Å². The van der Waals surface area contributed by atoms with Crippen LogP contribution in [0.2, 0.25) is 0 Å². The van der Waals surface area contributed by atoms with Crippen LogP contribution < -0.4 is 10.6 Å². The molecule has 0 spiro atoms. The number of ether oxygens (including phenoxy) is 1. The van der Waals surface area contributed by atoms with Crippen molar-refractivity contribution in [1.82, 2.24) is 10.6 Å². The van der Waals surface area contributed by atoms with E-state index < -0.39 is 6.10 Å². The van der Waals surface area contributed by atoms with Crippen LogP contribution in [-0.4, -0.2) is 48.3 Å². The maximum absolute atomic E-state index is 11.7. The van der Waals surface area contributed by atoms with Crippen molar-refractivity contribution in [2.75, 3.05) is 13.2 Å². The van der Waals surface area contributed by atoms with Crippen molar-refractivity contribution in [3.8, 4) is 0 Å². The lowest BCUT2D eigenvalue weighted by molar-refractivity contribution is -0.128. The minimum absolute atomic E-state index is 0.0175. The summed E-state index contributed by atoms with van der Waals surface area (Å²) in [5.41, 5.74) is 0. The number of aliphatic hydroxyl groups is 1. The first-order chi connectivity index (χ1) is 9.63. The van der Waals surface area contributed by atoms with Gasteiger partial charge in [-0.1, -0.05) is 12.2 Å². The quantitative estimate of drug-likeness (QED) is 0.585. The molecule has 0 aromatic rings. The number of carbonyl (C=O) groups excluding carboxylic acids is 2. The largest absolute Gasteiger partial charge is 0.394 e. The fourth-order valence-electron chi connectivity index (χ4n) is 2.22. The summed E-state index contributed by atoms with van der Waals surface area (Å²) < 4.78 is 5.65. The molecule has 0 bridgehead atoms. The molecule has 6 heteroatoms. The van der Waals surface area contributed by atoms with Gasteiger partial charge >= 0.3 is 0 Å². The smallest absolute Gasteiger partial charge is 0.223 e. The maximum atomic E-state index is 11.7. The van der Waals surface area contributed by atoms with Crippen LogP contribution in [0.5, 0.6) is 0 Å². The molecule has 0 saturated heterocycles. The molecule has 3 N–H and O–H groups in total. The number of hydrogen-bond acceptors (Lipinski definition) is 4. The van der Waals surface area contributed by atoms with Gasteiger partial charge in [0.1, 0.15) is 6.10 Å². The van der Waals surface area contributed by atoms with Gasteiger partial charge in [-0.25, -0.2) is 0 Å². The Morgan fingerprint density at radius 3 is 2.70 bits per heavy atom. The van der Waals surface area contributed by atoms with Gasteiger partial charge in [0.05, 0.1) is 25.2 Å². The standard InChI is InChI=1S/C14H22N2O4/c1-2-15-13(18)7-10-5-6-11(12(8-17)20-10)16-14(19)9-3-4-9/h5-6,9-12,17H,2-4,7-8H2,1H3,(H,15,18)(H,16,19)/t10-,11+,12+/m1/s1. The predicted octanol–water partition coefficient (Wildman–Crippen LogP) is -0.277. The van der Waals surface area contributed by atoms with Crippen molar-refractivity contribution in [3.63, 3.8) is 0 Å². The fourth-order valence-corrected chi connectivity index (χ4v) is 2.22. The number of rotatable bonds is 6. The molecule has 1 heterocycles. The second-order valence-corrected chi connectivity index (χ2v) is 5.25. The average molecular weight is 282 g/mol. The SMILES string of the molecule is CCNC(=O)C[C@H]1C=C[C@H](NC(=O)C2CC2)[C@H](CO)O1. The summed E-state index contributed by atoms with van der Waals surface area (Å²) in [5, 5.41) is 14.9. The highest BCUT2D eigenvalue weighted by Crippen LogP contribution is 2.29. The average Bonchev–Trinajstić information content (AvgIpc) is 3.25. The molecule has 6 nitrogen and oxygen atoms in total. The number of carbonyl (C=O) groups is 2. The van der Waals surface area contributed by atoms with Gasteiger partial charge in [-0.2, -0.15) is 0 Å². The van der Waals surface area contributed by atoms with E-state index in [2.05, 4.69) is 10.6 Å². The van der Waals surface area contributed by atoms with Gasteiger partial charge in [0.15, 0.2) is 0 Å². The van der Waals surface area contributed by atoms with Gasteiger partial charge in [-0.3, -0.25) is 9.59 Å². The van der Waals surface area contributed by atoms with E-state index in [1.165, 1.54) is 0 Å². The molecular weight excluding hydrogens is 260 g/mol. The van der Waals surface area contributed by atoms with Gasteiger partial charge in [-0.15, -0.1) is 0 Å². The third-order valence-corrected chi connectivity index (χ3v) is 3.48. The third kappa shape index (κ3) is 4.05. The Balaban J connectivity index is 1.88. The minimum Gasteiger partial charge on any atom is -0.394 e. The number of aliphatic hydroxyl groups excluding tert-OH is 1. The highest BCUT2D eigenvalue weighted by Gasteiger charge is 2.34. The number of amides is 2. The monoisotopic (exact) mass is 282 g/mol. The molecule has 0 radical (unpaired) electrons. The topological polar surface area (TPSA) is 87.7 Å². The summed E-state index contributed by atoms with van der Waals surface area (Å²) in [5.74, 6) is 0.0546. The molecule has 1 aliphatic carbocycles. The summed E-state index contributed by atoms with van der Waals surface area (Å²) in [6, 6.07) is -0.321. The predicted molar refractivity (Wildman–Crippen MR) is 72.8 cm³/mol. The molecule has 0 aromatic heterocycles. The van der Waals surface area contributed by atoms with E-state index in [4.69, 9.17) is 4.74 Å². The molecule has 2 amide bonds. The molecule has 2 aliphatic rings. The van der Waals surface area contributed by atoms with Crippen molar-refractivity contribution in [2.24, 2.45) is 5.92 Å². The highest BCUT2D eigenvalue weighted by molar-refractivity contribution is 5.81. The van der Waals surface area contributed by atoms with E-state index >= 15 is 0 Å². The third-order valence-electron chi connectivity index (χ3n) is 3.48. The van der Waals surface area contributed by atoms with Gasteiger partial charge in [-0.05, 0) is 19.8 Å². The molecule has 1 aliphatic heterocycles. The Morgan fingerprint density at radius 2 is 2.10 bits per heavy atom. The van der Waals surface area contributed by atoms with Crippen LogP contribution in [0.4, 0.5) is 0 Å². The van der Waals surface area contributed by atoms with Crippen LogP contribution in [0.15, 0.2) is 12.2 Å². The summed E-state index contributed by atoms with van der Waals surface area (Å²) in [4.78, 5) is 23.2. The molecule has 2 rings (SSSR count). The van der Waals surface area contributed by atoms with Gasteiger partial charge in [0.25, 0.3) is 0 Å². The zero-order chi connectivity index (χ0) is 14.5. The lowest BCUT2D eigenvalue weighted by Crippen LogP contribution is -2.49. The van der Waals surface area contributed by atoms with Crippen molar-refractivity contribution in [1.29, 1.82) is 0 Å². The summed E-state index contributed by atoms with van der Waals surface area (Å²) in [7, 11) is 0. The van der Waals surface area contributed by atoms with E-state index in [9.17, 15) is 14.7 Å². The lowest BCUT2D eigenvalue weighted by atomic mass is 10.0. The Labute approximate surface area is 118 Å².